The van der Waals surface area contributed by atoms with Crippen LogP contribution in [0.25, 0.3) is 0 Å². The quantitative estimate of drug-likeness (QED) is 0.582. The van der Waals surface area contributed by atoms with Gasteiger partial charge in [0.15, 0.2) is 0 Å². The summed E-state index contributed by atoms with van der Waals surface area (Å²) in [6.07, 6.45) is 2.34. The van der Waals surface area contributed by atoms with Gasteiger partial charge in [-0.2, -0.15) is 0 Å². The minimum absolute atomic E-state index is 0.188. The molecule has 1 amide bonds. The van der Waals surface area contributed by atoms with Crippen LogP contribution in [-0.2, 0) is 6.42 Å². The fraction of sp³-hybridized carbons (Fsp3) is 0.143. The first kappa shape index (κ1) is 19.2. The number of hydrogen-bond donors (Lipinski definition) is 2. The Bertz CT molecular complexity index is 960. The molecule has 0 atom stereocenters. The molecule has 3 aromatic rings. The molecule has 0 saturated carbocycles. The van der Waals surface area contributed by atoms with Gasteiger partial charge in [0.25, 0.3) is 5.91 Å². The van der Waals surface area contributed by atoms with Crippen LogP contribution in [-0.4, -0.2) is 17.4 Å². The number of aryl methyl sites for hydroxylation is 1. The summed E-state index contributed by atoms with van der Waals surface area (Å²) in [5.74, 6) is 0.301. The van der Waals surface area contributed by atoms with Gasteiger partial charge < -0.3 is 10.6 Å². The number of aromatic nitrogens is 1. The highest BCUT2D eigenvalue weighted by molar-refractivity contribution is 6.31. The summed E-state index contributed by atoms with van der Waals surface area (Å²) in [4.78, 5) is 16.9. The Morgan fingerprint density at radius 3 is 2.67 bits per heavy atom. The highest BCUT2D eigenvalue weighted by Gasteiger charge is 2.13. The van der Waals surface area contributed by atoms with Crippen molar-refractivity contribution in [1.82, 2.24) is 10.3 Å². The van der Waals surface area contributed by atoms with E-state index in [0.717, 1.165) is 16.8 Å². The first-order valence-electron chi connectivity index (χ1n) is 8.54. The van der Waals surface area contributed by atoms with Gasteiger partial charge in [-0.25, -0.2) is 4.98 Å². The van der Waals surface area contributed by atoms with E-state index in [1.165, 1.54) is 0 Å². The normalized spacial score (nSPS) is 10.5. The summed E-state index contributed by atoms with van der Waals surface area (Å²) in [6, 6.07) is 16.6. The maximum absolute atomic E-state index is 12.6. The molecule has 6 heteroatoms. The number of rotatable bonds is 6. The van der Waals surface area contributed by atoms with E-state index in [0.29, 0.717) is 34.4 Å². The molecule has 2 N–H and O–H groups in total. The Kier molecular flexibility index (Phi) is 6.32. The van der Waals surface area contributed by atoms with Crippen molar-refractivity contribution in [3.8, 4) is 0 Å². The zero-order valence-corrected chi connectivity index (χ0v) is 16.3. The second-order valence-electron chi connectivity index (χ2n) is 6.12. The highest BCUT2D eigenvalue weighted by Crippen LogP contribution is 2.25. The molecule has 0 saturated heterocycles. The lowest BCUT2D eigenvalue weighted by molar-refractivity contribution is 0.0954. The van der Waals surface area contributed by atoms with E-state index in [1.807, 2.05) is 49.4 Å². The first-order chi connectivity index (χ1) is 13.0. The lowest BCUT2D eigenvalue weighted by Crippen LogP contribution is -2.26. The summed E-state index contributed by atoms with van der Waals surface area (Å²) in [6.45, 7) is 2.47. The highest BCUT2D eigenvalue weighted by atomic mass is 35.5. The predicted molar refractivity (Wildman–Crippen MR) is 111 cm³/mol. The van der Waals surface area contributed by atoms with Gasteiger partial charge in [-0.05, 0) is 60.9 Å². The molecule has 1 heterocycles. The molecule has 0 spiro atoms. The number of anilines is 2. The van der Waals surface area contributed by atoms with Gasteiger partial charge in [0.2, 0.25) is 0 Å². The molecule has 1 aromatic heterocycles. The molecule has 138 valence electrons. The number of hydrogen-bond acceptors (Lipinski definition) is 3. The van der Waals surface area contributed by atoms with Crippen molar-refractivity contribution in [2.75, 3.05) is 11.9 Å². The average Bonchev–Trinajstić information content (AvgIpc) is 2.65. The molecule has 2 aromatic carbocycles. The molecular formula is C21H19Cl2N3O. The van der Waals surface area contributed by atoms with Crippen LogP contribution >= 0.6 is 23.2 Å². The van der Waals surface area contributed by atoms with Gasteiger partial charge in [-0.15, -0.1) is 0 Å². The largest absolute Gasteiger partial charge is 0.352 e. The van der Waals surface area contributed by atoms with E-state index >= 15 is 0 Å². The number of nitrogens with zero attached hydrogens (tertiary/aromatic N) is 1. The maximum atomic E-state index is 12.6. The number of pyridine rings is 1. The molecule has 0 unspecified atom stereocenters. The minimum atomic E-state index is -0.188. The Morgan fingerprint density at radius 1 is 1.04 bits per heavy atom. The molecule has 27 heavy (non-hydrogen) atoms. The zero-order chi connectivity index (χ0) is 19.2. The van der Waals surface area contributed by atoms with Crippen molar-refractivity contribution in [2.45, 2.75) is 13.3 Å². The average molecular weight is 400 g/mol. The van der Waals surface area contributed by atoms with Crippen molar-refractivity contribution in [1.29, 1.82) is 0 Å². The summed E-state index contributed by atoms with van der Waals surface area (Å²) in [5, 5.41) is 7.44. The van der Waals surface area contributed by atoms with Crippen LogP contribution in [0.15, 0.2) is 60.8 Å². The van der Waals surface area contributed by atoms with Crippen molar-refractivity contribution >= 4 is 40.6 Å². The lowest BCUT2D eigenvalue weighted by atomic mass is 10.1. The third kappa shape index (κ3) is 5.22. The van der Waals surface area contributed by atoms with Crippen molar-refractivity contribution in [3.63, 3.8) is 0 Å². The Labute approximate surface area is 168 Å². The van der Waals surface area contributed by atoms with E-state index in [1.54, 1.807) is 18.3 Å². The van der Waals surface area contributed by atoms with Gasteiger partial charge >= 0.3 is 0 Å². The van der Waals surface area contributed by atoms with Crippen LogP contribution in [0.1, 0.15) is 21.5 Å². The molecule has 0 bridgehead atoms. The van der Waals surface area contributed by atoms with Crippen molar-refractivity contribution in [2.24, 2.45) is 0 Å². The number of carbonyl (C=O) groups excluding carboxylic acids is 1. The van der Waals surface area contributed by atoms with Crippen LogP contribution in [0.2, 0.25) is 10.0 Å². The van der Waals surface area contributed by atoms with Gasteiger partial charge in [0.05, 0.1) is 5.56 Å². The Balaban J connectivity index is 1.69. The smallest absolute Gasteiger partial charge is 0.255 e. The van der Waals surface area contributed by atoms with Crippen molar-refractivity contribution < 1.29 is 4.79 Å². The Morgan fingerprint density at radius 2 is 1.85 bits per heavy atom. The van der Waals surface area contributed by atoms with E-state index in [-0.39, 0.29) is 5.91 Å². The van der Waals surface area contributed by atoms with Gasteiger partial charge in [-0.1, -0.05) is 41.4 Å². The topological polar surface area (TPSA) is 54.0 Å². The molecule has 0 aliphatic carbocycles. The fourth-order valence-corrected chi connectivity index (χ4v) is 3.04. The zero-order valence-electron chi connectivity index (χ0n) is 14.8. The molecule has 0 fully saturated rings. The van der Waals surface area contributed by atoms with E-state index in [9.17, 15) is 4.79 Å². The standard InChI is InChI=1S/C21H19Cl2N3O/c1-14-7-8-17(23)13-19(14)26-20-18(6-3-10-24-20)21(27)25-11-9-15-4-2-5-16(22)12-15/h2-8,10,12-13H,9,11H2,1H3,(H,24,26)(H,25,27). The third-order valence-corrected chi connectivity index (χ3v) is 4.56. The minimum Gasteiger partial charge on any atom is -0.352 e. The third-order valence-electron chi connectivity index (χ3n) is 4.09. The van der Waals surface area contributed by atoms with Crippen LogP contribution in [0, 0.1) is 6.92 Å². The number of amides is 1. The SMILES string of the molecule is Cc1ccc(Cl)cc1Nc1ncccc1C(=O)NCCc1cccc(Cl)c1. The van der Waals surface area contributed by atoms with E-state index in [4.69, 9.17) is 23.2 Å². The summed E-state index contributed by atoms with van der Waals surface area (Å²) in [5.41, 5.74) is 3.37. The van der Waals surface area contributed by atoms with Crippen LogP contribution < -0.4 is 10.6 Å². The van der Waals surface area contributed by atoms with Crippen LogP contribution in [0.3, 0.4) is 0 Å². The van der Waals surface area contributed by atoms with E-state index in [2.05, 4.69) is 15.6 Å². The van der Waals surface area contributed by atoms with Crippen LogP contribution in [0.4, 0.5) is 11.5 Å². The summed E-state index contributed by atoms with van der Waals surface area (Å²) in [7, 11) is 0. The molecule has 0 aliphatic heterocycles. The predicted octanol–water partition coefficient (Wildman–Crippen LogP) is 5.41. The number of benzene rings is 2. The summed E-state index contributed by atoms with van der Waals surface area (Å²) < 4.78 is 0. The second-order valence-corrected chi connectivity index (χ2v) is 6.99. The fourth-order valence-electron chi connectivity index (χ4n) is 2.65. The molecule has 3 rings (SSSR count). The number of halogens is 2. The molecular weight excluding hydrogens is 381 g/mol. The summed E-state index contributed by atoms with van der Waals surface area (Å²) >= 11 is 12.1. The molecule has 0 radical (unpaired) electrons. The van der Waals surface area contributed by atoms with E-state index < -0.39 is 0 Å². The maximum Gasteiger partial charge on any atom is 0.255 e. The second kappa shape index (κ2) is 8.89. The van der Waals surface area contributed by atoms with Gasteiger partial charge in [0, 0.05) is 28.5 Å². The molecule has 4 nitrogen and oxygen atoms in total. The molecule has 0 aliphatic rings. The lowest BCUT2D eigenvalue weighted by Gasteiger charge is -2.13. The van der Waals surface area contributed by atoms with Crippen molar-refractivity contribution in [3.05, 3.63) is 87.5 Å². The first-order valence-corrected chi connectivity index (χ1v) is 9.29. The van der Waals surface area contributed by atoms with Crippen LogP contribution in [0.5, 0.6) is 0 Å². The Hall–Kier alpha value is -2.56. The van der Waals surface area contributed by atoms with Gasteiger partial charge in [0.1, 0.15) is 5.82 Å². The van der Waals surface area contributed by atoms with Gasteiger partial charge in [-0.3, -0.25) is 4.79 Å². The number of carbonyl (C=O) groups is 1. The monoisotopic (exact) mass is 399 g/mol. The number of nitrogens with one attached hydrogen (secondary N) is 2.